The second-order valence-electron chi connectivity index (χ2n) is 8.05. The number of carboxylic acid groups (broad SMARTS) is 2. The second-order valence-corrected chi connectivity index (χ2v) is 8.05. The van der Waals surface area contributed by atoms with E-state index in [2.05, 4.69) is 13.8 Å². The Morgan fingerprint density at radius 2 is 1.19 bits per heavy atom. The Balaban J connectivity index is 3.69. The van der Waals surface area contributed by atoms with E-state index < -0.39 is 11.9 Å². The fourth-order valence-corrected chi connectivity index (χ4v) is 3.65. The van der Waals surface area contributed by atoms with Crippen LogP contribution in [0, 0.1) is 11.8 Å². The highest BCUT2D eigenvalue weighted by atomic mass is 16.4. The molecule has 154 valence electrons. The van der Waals surface area contributed by atoms with E-state index in [1.54, 1.807) is 0 Å². The summed E-state index contributed by atoms with van der Waals surface area (Å²) in [6.07, 6.45) is 16.6. The standard InChI is InChI=1S/C22H42O4/c1-3-4-5-9-15-20(18-22(25)26)16-12-11-14-19(2)13-8-6-7-10-17-21(23)24/h19-20H,3-18H2,1-2H3,(H,23,24)(H,25,26). The molecule has 0 aromatic rings. The van der Waals surface area contributed by atoms with Crippen LogP contribution in [0.2, 0.25) is 0 Å². The molecule has 2 unspecified atom stereocenters. The van der Waals surface area contributed by atoms with E-state index in [1.807, 2.05) is 0 Å². The van der Waals surface area contributed by atoms with Crippen LogP contribution in [-0.4, -0.2) is 22.2 Å². The number of carbonyl (C=O) groups is 2. The Bertz CT molecular complexity index is 354. The van der Waals surface area contributed by atoms with Crippen molar-refractivity contribution in [2.45, 2.75) is 117 Å². The van der Waals surface area contributed by atoms with Crippen molar-refractivity contribution in [2.75, 3.05) is 0 Å². The first-order valence-corrected chi connectivity index (χ1v) is 10.9. The van der Waals surface area contributed by atoms with Gasteiger partial charge in [-0.3, -0.25) is 9.59 Å². The van der Waals surface area contributed by atoms with Crippen LogP contribution in [0.5, 0.6) is 0 Å². The number of aliphatic carboxylic acids is 2. The van der Waals surface area contributed by atoms with Gasteiger partial charge in [0.1, 0.15) is 0 Å². The molecular weight excluding hydrogens is 328 g/mol. The Labute approximate surface area is 160 Å². The molecule has 0 fully saturated rings. The van der Waals surface area contributed by atoms with Crippen molar-refractivity contribution in [1.29, 1.82) is 0 Å². The van der Waals surface area contributed by atoms with Gasteiger partial charge >= 0.3 is 11.9 Å². The van der Waals surface area contributed by atoms with Gasteiger partial charge in [0.05, 0.1) is 0 Å². The van der Waals surface area contributed by atoms with Gasteiger partial charge in [0.15, 0.2) is 0 Å². The summed E-state index contributed by atoms with van der Waals surface area (Å²) >= 11 is 0. The lowest BCUT2D eigenvalue weighted by Crippen LogP contribution is -2.08. The minimum atomic E-state index is -0.690. The molecular formula is C22H42O4. The molecule has 0 aliphatic heterocycles. The SMILES string of the molecule is CCCCCCC(CCCCC(C)CCCCCCC(=O)O)CC(=O)O. The average Bonchev–Trinajstić information content (AvgIpc) is 2.57. The van der Waals surface area contributed by atoms with Gasteiger partial charge < -0.3 is 10.2 Å². The van der Waals surface area contributed by atoms with Gasteiger partial charge in [-0.1, -0.05) is 84.5 Å². The Morgan fingerprint density at radius 1 is 0.692 bits per heavy atom. The van der Waals surface area contributed by atoms with Crippen molar-refractivity contribution in [2.24, 2.45) is 11.8 Å². The summed E-state index contributed by atoms with van der Waals surface area (Å²) in [6, 6.07) is 0. The molecule has 0 aromatic carbocycles. The molecule has 0 saturated heterocycles. The summed E-state index contributed by atoms with van der Waals surface area (Å²) in [6.45, 7) is 4.50. The third-order valence-corrected chi connectivity index (χ3v) is 5.33. The van der Waals surface area contributed by atoms with Gasteiger partial charge in [0.2, 0.25) is 0 Å². The first-order chi connectivity index (χ1) is 12.5. The molecule has 0 bridgehead atoms. The lowest BCUT2D eigenvalue weighted by molar-refractivity contribution is -0.138. The summed E-state index contributed by atoms with van der Waals surface area (Å²) in [5.74, 6) is -0.266. The van der Waals surface area contributed by atoms with Crippen molar-refractivity contribution >= 4 is 11.9 Å². The van der Waals surface area contributed by atoms with Gasteiger partial charge in [-0.15, -0.1) is 0 Å². The van der Waals surface area contributed by atoms with Crippen LogP contribution >= 0.6 is 0 Å². The molecule has 0 rings (SSSR count). The van der Waals surface area contributed by atoms with E-state index in [4.69, 9.17) is 10.2 Å². The third-order valence-electron chi connectivity index (χ3n) is 5.33. The van der Waals surface area contributed by atoms with E-state index in [0.29, 0.717) is 18.8 Å². The summed E-state index contributed by atoms with van der Waals surface area (Å²) in [4.78, 5) is 21.5. The molecule has 4 heteroatoms. The highest BCUT2D eigenvalue weighted by Gasteiger charge is 2.13. The number of hydrogen-bond donors (Lipinski definition) is 2. The van der Waals surface area contributed by atoms with Gasteiger partial charge in [0.25, 0.3) is 0 Å². The quantitative estimate of drug-likeness (QED) is 0.249. The summed E-state index contributed by atoms with van der Waals surface area (Å²) < 4.78 is 0. The summed E-state index contributed by atoms with van der Waals surface area (Å²) in [5, 5.41) is 17.7. The zero-order valence-electron chi connectivity index (χ0n) is 17.2. The maximum Gasteiger partial charge on any atom is 0.303 e. The number of carboxylic acids is 2. The van der Waals surface area contributed by atoms with Crippen molar-refractivity contribution in [3.8, 4) is 0 Å². The molecule has 0 amide bonds. The fraction of sp³-hybridized carbons (Fsp3) is 0.909. The predicted molar refractivity (Wildman–Crippen MR) is 107 cm³/mol. The zero-order chi connectivity index (χ0) is 19.6. The fourth-order valence-electron chi connectivity index (χ4n) is 3.65. The molecule has 0 heterocycles. The smallest absolute Gasteiger partial charge is 0.303 e. The Kier molecular flexibility index (Phi) is 16.7. The minimum absolute atomic E-state index is 0.297. The van der Waals surface area contributed by atoms with Crippen LogP contribution in [0.3, 0.4) is 0 Å². The normalized spacial score (nSPS) is 13.5. The minimum Gasteiger partial charge on any atom is -0.481 e. The molecule has 26 heavy (non-hydrogen) atoms. The molecule has 2 N–H and O–H groups in total. The van der Waals surface area contributed by atoms with E-state index in [9.17, 15) is 9.59 Å². The molecule has 0 aliphatic carbocycles. The number of unbranched alkanes of at least 4 members (excludes halogenated alkanes) is 7. The average molecular weight is 371 g/mol. The van der Waals surface area contributed by atoms with Crippen molar-refractivity contribution < 1.29 is 19.8 Å². The molecule has 4 nitrogen and oxygen atoms in total. The van der Waals surface area contributed by atoms with Crippen molar-refractivity contribution in [3.05, 3.63) is 0 Å². The molecule has 0 aliphatic rings. The first-order valence-electron chi connectivity index (χ1n) is 10.9. The molecule has 0 spiro atoms. The van der Waals surface area contributed by atoms with Gasteiger partial charge in [-0.2, -0.15) is 0 Å². The maximum absolute atomic E-state index is 11.0. The van der Waals surface area contributed by atoms with E-state index in [0.717, 1.165) is 44.4 Å². The van der Waals surface area contributed by atoms with E-state index in [1.165, 1.54) is 51.4 Å². The summed E-state index contributed by atoms with van der Waals surface area (Å²) in [7, 11) is 0. The van der Waals surface area contributed by atoms with Crippen molar-refractivity contribution in [1.82, 2.24) is 0 Å². The highest BCUT2D eigenvalue weighted by Crippen LogP contribution is 2.23. The zero-order valence-corrected chi connectivity index (χ0v) is 17.2. The number of hydrogen-bond acceptors (Lipinski definition) is 2. The first kappa shape index (κ1) is 24.9. The van der Waals surface area contributed by atoms with Crippen LogP contribution in [0.4, 0.5) is 0 Å². The lowest BCUT2D eigenvalue weighted by atomic mass is 9.90. The van der Waals surface area contributed by atoms with Crippen LogP contribution in [0.1, 0.15) is 117 Å². The Hall–Kier alpha value is -1.06. The summed E-state index contributed by atoms with van der Waals surface area (Å²) in [5.41, 5.74) is 0. The largest absolute Gasteiger partial charge is 0.481 e. The molecule has 0 aromatic heterocycles. The number of rotatable bonds is 19. The Morgan fingerprint density at radius 3 is 1.77 bits per heavy atom. The third kappa shape index (κ3) is 17.8. The van der Waals surface area contributed by atoms with Gasteiger partial charge in [-0.25, -0.2) is 0 Å². The van der Waals surface area contributed by atoms with E-state index in [-0.39, 0.29) is 0 Å². The van der Waals surface area contributed by atoms with E-state index >= 15 is 0 Å². The monoisotopic (exact) mass is 370 g/mol. The van der Waals surface area contributed by atoms with Crippen LogP contribution in [0.15, 0.2) is 0 Å². The van der Waals surface area contributed by atoms with Gasteiger partial charge in [-0.05, 0) is 31.1 Å². The molecule has 2 atom stereocenters. The predicted octanol–water partition coefficient (Wildman–Crippen LogP) is 6.67. The molecule has 0 saturated carbocycles. The topological polar surface area (TPSA) is 74.6 Å². The highest BCUT2D eigenvalue weighted by molar-refractivity contribution is 5.67. The van der Waals surface area contributed by atoms with Crippen molar-refractivity contribution in [3.63, 3.8) is 0 Å². The van der Waals surface area contributed by atoms with Crippen LogP contribution in [-0.2, 0) is 9.59 Å². The van der Waals surface area contributed by atoms with Gasteiger partial charge in [0, 0.05) is 12.8 Å². The second kappa shape index (κ2) is 17.4. The van der Waals surface area contributed by atoms with Crippen LogP contribution < -0.4 is 0 Å². The molecule has 0 radical (unpaired) electrons. The maximum atomic E-state index is 11.0. The van der Waals surface area contributed by atoms with Crippen LogP contribution in [0.25, 0.3) is 0 Å². The lowest BCUT2D eigenvalue weighted by Gasteiger charge is -2.16.